The molecular weight excluding hydrogens is 268 g/mol. The minimum atomic E-state index is 0.402. The lowest BCUT2D eigenvalue weighted by Gasteiger charge is -2.33. The van der Waals surface area contributed by atoms with E-state index in [9.17, 15) is 0 Å². The SMILES string of the molecule is CCCCCCCN1C=CN(CCCC)C1c1ccccc1. The zero-order chi connectivity index (χ0) is 15.6. The van der Waals surface area contributed by atoms with Crippen molar-refractivity contribution in [2.45, 2.75) is 65.0 Å². The van der Waals surface area contributed by atoms with Crippen LogP contribution in [0.3, 0.4) is 0 Å². The molecule has 0 spiro atoms. The maximum absolute atomic E-state index is 2.52. The highest BCUT2D eigenvalue weighted by atomic mass is 15.4. The summed E-state index contributed by atoms with van der Waals surface area (Å²) in [4.78, 5) is 5.03. The Kier molecular flexibility index (Phi) is 7.35. The van der Waals surface area contributed by atoms with Gasteiger partial charge < -0.3 is 9.80 Å². The van der Waals surface area contributed by atoms with Crippen LogP contribution >= 0.6 is 0 Å². The van der Waals surface area contributed by atoms with Crippen LogP contribution in [0.1, 0.15) is 70.5 Å². The van der Waals surface area contributed by atoms with Crippen LogP contribution in [0.4, 0.5) is 0 Å². The first-order chi connectivity index (χ1) is 10.9. The molecule has 22 heavy (non-hydrogen) atoms. The summed E-state index contributed by atoms with van der Waals surface area (Å²) in [6.07, 6.45) is 14.2. The fraction of sp³-hybridized carbons (Fsp3) is 0.600. The fourth-order valence-electron chi connectivity index (χ4n) is 3.17. The lowest BCUT2D eigenvalue weighted by molar-refractivity contribution is 0.150. The van der Waals surface area contributed by atoms with E-state index in [1.807, 2.05) is 0 Å². The Bertz CT molecular complexity index is 427. The van der Waals surface area contributed by atoms with E-state index in [1.54, 1.807) is 0 Å². The Hall–Kier alpha value is -1.44. The highest BCUT2D eigenvalue weighted by molar-refractivity contribution is 5.21. The van der Waals surface area contributed by atoms with Crippen LogP contribution in [0.5, 0.6) is 0 Å². The van der Waals surface area contributed by atoms with Crippen molar-refractivity contribution in [3.8, 4) is 0 Å². The molecule has 0 aromatic heterocycles. The summed E-state index contributed by atoms with van der Waals surface area (Å²) >= 11 is 0. The molecule has 0 saturated carbocycles. The quantitative estimate of drug-likeness (QED) is 0.523. The van der Waals surface area contributed by atoms with Gasteiger partial charge in [-0.2, -0.15) is 0 Å². The Balaban J connectivity index is 1.94. The van der Waals surface area contributed by atoms with Gasteiger partial charge in [0.2, 0.25) is 0 Å². The maximum atomic E-state index is 2.52. The van der Waals surface area contributed by atoms with E-state index >= 15 is 0 Å². The summed E-state index contributed by atoms with van der Waals surface area (Å²) in [6, 6.07) is 11.0. The summed E-state index contributed by atoms with van der Waals surface area (Å²) in [5, 5.41) is 0. The van der Waals surface area contributed by atoms with E-state index in [0.717, 1.165) is 6.54 Å². The average Bonchev–Trinajstić information content (AvgIpc) is 2.96. The molecule has 0 N–H and O–H groups in total. The zero-order valence-corrected chi connectivity index (χ0v) is 14.4. The number of rotatable bonds is 10. The average molecular weight is 300 g/mol. The van der Waals surface area contributed by atoms with Crippen LogP contribution in [0, 0.1) is 0 Å². The number of hydrogen-bond acceptors (Lipinski definition) is 2. The van der Waals surface area contributed by atoms with Gasteiger partial charge in [0.1, 0.15) is 6.17 Å². The van der Waals surface area contributed by atoms with Crippen molar-refractivity contribution in [3.63, 3.8) is 0 Å². The van der Waals surface area contributed by atoms with E-state index < -0.39 is 0 Å². The molecule has 1 heterocycles. The number of hydrogen-bond donors (Lipinski definition) is 0. The van der Waals surface area contributed by atoms with Crippen LogP contribution in [-0.4, -0.2) is 22.9 Å². The van der Waals surface area contributed by atoms with Crippen molar-refractivity contribution in [2.75, 3.05) is 13.1 Å². The molecular formula is C20H32N2. The summed E-state index contributed by atoms with van der Waals surface area (Å²) in [5.74, 6) is 0. The lowest BCUT2D eigenvalue weighted by atomic mass is 10.1. The van der Waals surface area contributed by atoms with E-state index in [-0.39, 0.29) is 0 Å². The van der Waals surface area contributed by atoms with E-state index in [0.29, 0.717) is 6.17 Å². The molecule has 0 amide bonds. The largest absolute Gasteiger partial charge is 0.352 e. The van der Waals surface area contributed by atoms with Gasteiger partial charge in [0.25, 0.3) is 0 Å². The summed E-state index contributed by atoms with van der Waals surface area (Å²) in [7, 11) is 0. The van der Waals surface area contributed by atoms with Crippen molar-refractivity contribution < 1.29 is 0 Å². The molecule has 1 unspecified atom stereocenters. The predicted octanol–water partition coefficient (Wildman–Crippen LogP) is 5.54. The van der Waals surface area contributed by atoms with Gasteiger partial charge in [-0.05, 0) is 18.4 Å². The van der Waals surface area contributed by atoms with Crippen LogP contribution < -0.4 is 0 Å². The number of nitrogens with zero attached hydrogens (tertiary/aromatic N) is 2. The molecule has 1 atom stereocenters. The molecule has 2 nitrogen and oxygen atoms in total. The Labute approximate surface area is 136 Å². The highest BCUT2D eigenvalue weighted by Crippen LogP contribution is 2.31. The Morgan fingerprint density at radius 2 is 1.32 bits per heavy atom. The summed E-state index contributed by atoms with van der Waals surface area (Å²) in [5.41, 5.74) is 1.41. The molecule has 1 aromatic carbocycles. The predicted molar refractivity (Wildman–Crippen MR) is 95.4 cm³/mol. The van der Waals surface area contributed by atoms with Crippen LogP contribution in [-0.2, 0) is 0 Å². The third-order valence-corrected chi connectivity index (χ3v) is 4.47. The molecule has 2 rings (SSSR count). The van der Waals surface area contributed by atoms with Gasteiger partial charge >= 0.3 is 0 Å². The molecule has 1 aliphatic heterocycles. The second kappa shape index (κ2) is 9.55. The van der Waals surface area contributed by atoms with Gasteiger partial charge in [-0.3, -0.25) is 0 Å². The molecule has 0 saturated heterocycles. The summed E-state index contributed by atoms with van der Waals surface area (Å²) < 4.78 is 0. The molecule has 2 heteroatoms. The normalized spacial score (nSPS) is 17.5. The van der Waals surface area contributed by atoms with Gasteiger partial charge in [0.05, 0.1) is 0 Å². The van der Waals surface area contributed by atoms with Crippen molar-refractivity contribution in [3.05, 3.63) is 48.3 Å². The molecule has 1 aliphatic rings. The van der Waals surface area contributed by atoms with E-state index in [1.165, 1.54) is 57.1 Å². The van der Waals surface area contributed by atoms with Gasteiger partial charge in [-0.1, -0.05) is 76.3 Å². The minimum absolute atomic E-state index is 0.402. The topological polar surface area (TPSA) is 6.48 Å². The molecule has 1 aromatic rings. The molecule has 0 bridgehead atoms. The van der Waals surface area contributed by atoms with Crippen molar-refractivity contribution in [2.24, 2.45) is 0 Å². The van der Waals surface area contributed by atoms with Crippen molar-refractivity contribution in [1.82, 2.24) is 9.80 Å². The van der Waals surface area contributed by atoms with Crippen molar-refractivity contribution in [1.29, 1.82) is 0 Å². The minimum Gasteiger partial charge on any atom is -0.352 e. The van der Waals surface area contributed by atoms with Crippen LogP contribution in [0.2, 0.25) is 0 Å². The number of unbranched alkanes of at least 4 members (excludes halogenated alkanes) is 5. The van der Waals surface area contributed by atoms with Gasteiger partial charge in [0, 0.05) is 25.5 Å². The summed E-state index contributed by atoms with van der Waals surface area (Å²) in [6.45, 7) is 6.87. The maximum Gasteiger partial charge on any atom is 0.127 e. The fourth-order valence-corrected chi connectivity index (χ4v) is 3.17. The van der Waals surface area contributed by atoms with E-state index in [4.69, 9.17) is 0 Å². The standard InChI is InChI=1S/C20H32N2/c1-3-5-7-8-12-16-22-18-17-21(15-6-4-2)20(22)19-13-10-9-11-14-19/h9-11,13-14,17-18,20H,3-8,12,15-16H2,1-2H3. The first-order valence-electron chi connectivity index (χ1n) is 9.11. The highest BCUT2D eigenvalue weighted by Gasteiger charge is 2.26. The second-order valence-electron chi connectivity index (χ2n) is 6.33. The Morgan fingerprint density at radius 1 is 0.727 bits per heavy atom. The van der Waals surface area contributed by atoms with Crippen LogP contribution in [0.15, 0.2) is 42.7 Å². The molecule has 122 valence electrons. The van der Waals surface area contributed by atoms with Crippen LogP contribution in [0.25, 0.3) is 0 Å². The number of benzene rings is 1. The first-order valence-corrected chi connectivity index (χ1v) is 9.11. The monoisotopic (exact) mass is 300 g/mol. The zero-order valence-electron chi connectivity index (χ0n) is 14.4. The van der Waals surface area contributed by atoms with Gasteiger partial charge in [-0.25, -0.2) is 0 Å². The van der Waals surface area contributed by atoms with Gasteiger partial charge in [0.15, 0.2) is 0 Å². The Morgan fingerprint density at radius 3 is 1.95 bits per heavy atom. The first kappa shape index (κ1) is 16.9. The third-order valence-electron chi connectivity index (χ3n) is 4.47. The smallest absolute Gasteiger partial charge is 0.127 e. The van der Waals surface area contributed by atoms with Gasteiger partial charge in [-0.15, -0.1) is 0 Å². The second-order valence-corrected chi connectivity index (χ2v) is 6.33. The van der Waals surface area contributed by atoms with E-state index in [2.05, 4.69) is 66.4 Å². The molecule has 0 fully saturated rings. The van der Waals surface area contributed by atoms with Crippen molar-refractivity contribution >= 4 is 0 Å². The third kappa shape index (κ3) is 4.79. The lowest BCUT2D eigenvalue weighted by Crippen LogP contribution is -2.32. The molecule has 0 aliphatic carbocycles. The molecule has 0 radical (unpaired) electrons.